The average Bonchev–Trinajstić information content (AvgIpc) is 3.41. The topological polar surface area (TPSA) is 78.9 Å². The Morgan fingerprint density at radius 2 is 0.520 bits per heavy atom. The summed E-state index contributed by atoms with van der Waals surface area (Å²) in [6.07, 6.45) is 84.3. The smallest absolute Gasteiger partial charge is 0.306 e. The van der Waals surface area contributed by atoms with Gasteiger partial charge in [0.1, 0.15) is 13.2 Å². The molecule has 0 fully saturated rings. The van der Waals surface area contributed by atoms with Crippen molar-refractivity contribution in [2.45, 2.75) is 309 Å². The quantitative estimate of drug-likeness (QED) is 0.0261. The second kappa shape index (κ2) is 62.9. The van der Waals surface area contributed by atoms with Crippen molar-refractivity contribution in [2.24, 2.45) is 0 Å². The van der Waals surface area contributed by atoms with Gasteiger partial charge in [0, 0.05) is 19.3 Å². The molecule has 1 atom stereocenters. The lowest BCUT2D eigenvalue weighted by Crippen LogP contribution is -2.30. The van der Waals surface area contributed by atoms with E-state index in [-0.39, 0.29) is 31.1 Å². The van der Waals surface area contributed by atoms with Gasteiger partial charge in [0.05, 0.1) is 0 Å². The zero-order valence-corrected chi connectivity index (χ0v) is 49.3. The maximum Gasteiger partial charge on any atom is 0.306 e. The van der Waals surface area contributed by atoms with E-state index in [0.717, 1.165) is 109 Å². The second-order valence-electron chi connectivity index (χ2n) is 20.9. The number of carbonyl (C=O) groups is 3. The van der Waals surface area contributed by atoms with Crippen LogP contribution in [-0.2, 0) is 28.6 Å². The minimum Gasteiger partial charge on any atom is -0.462 e. The van der Waals surface area contributed by atoms with Gasteiger partial charge >= 0.3 is 17.9 Å². The van der Waals surface area contributed by atoms with E-state index in [2.05, 4.69) is 118 Å². The molecule has 0 aliphatic heterocycles. The van der Waals surface area contributed by atoms with Crippen molar-refractivity contribution in [1.82, 2.24) is 0 Å². The van der Waals surface area contributed by atoms with Crippen LogP contribution in [-0.4, -0.2) is 37.2 Å². The zero-order chi connectivity index (χ0) is 54.3. The molecule has 0 aliphatic carbocycles. The summed E-state index contributed by atoms with van der Waals surface area (Å²) in [5, 5.41) is 0. The summed E-state index contributed by atoms with van der Waals surface area (Å²) in [5.74, 6) is -0.889. The Kier molecular flexibility index (Phi) is 59.8. The lowest BCUT2D eigenvalue weighted by molar-refractivity contribution is -0.167. The Labute approximate surface area is 464 Å². The van der Waals surface area contributed by atoms with Crippen molar-refractivity contribution in [3.63, 3.8) is 0 Å². The van der Waals surface area contributed by atoms with E-state index in [9.17, 15) is 14.4 Å². The molecule has 0 radical (unpaired) electrons. The Morgan fingerprint density at radius 1 is 0.280 bits per heavy atom. The molecule has 0 aromatic carbocycles. The lowest BCUT2D eigenvalue weighted by atomic mass is 10.0. The van der Waals surface area contributed by atoms with Gasteiger partial charge in [0.25, 0.3) is 0 Å². The Morgan fingerprint density at radius 3 is 0.813 bits per heavy atom. The standard InChI is InChI=1S/C69H118O6/c1-4-7-10-13-16-18-20-22-24-26-28-30-32-33-34-35-37-38-40-42-44-46-48-50-53-56-59-62-68(71)74-65-66(64-73-67(70)61-58-55-52-15-12-9-6-3)75-69(72)63-60-57-54-51-49-47-45-43-41-39-36-31-29-27-25-23-21-19-17-14-11-8-5-2/h7,10,16,18,21-24,27-30,33-34,37-38,66H,4-6,8-9,11-15,17,19-20,25-26,31-32,35-36,39-65H2,1-3H3/b10-7-,18-16-,23-21-,24-22-,29-27-,30-28-,34-33-,38-37-. The largest absolute Gasteiger partial charge is 0.462 e. The first kappa shape index (κ1) is 71.3. The van der Waals surface area contributed by atoms with Crippen LogP contribution in [0.15, 0.2) is 97.2 Å². The van der Waals surface area contributed by atoms with E-state index in [4.69, 9.17) is 14.2 Å². The van der Waals surface area contributed by atoms with Crippen LogP contribution in [0.5, 0.6) is 0 Å². The van der Waals surface area contributed by atoms with Crippen molar-refractivity contribution < 1.29 is 28.6 Å². The molecule has 75 heavy (non-hydrogen) atoms. The molecule has 0 amide bonds. The van der Waals surface area contributed by atoms with Crippen molar-refractivity contribution >= 4 is 17.9 Å². The van der Waals surface area contributed by atoms with Gasteiger partial charge in [-0.1, -0.05) is 279 Å². The number of hydrogen-bond acceptors (Lipinski definition) is 6. The van der Waals surface area contributed by atoms with Gasteiger partial charge in [-0.25, -0.2) is 0 Å². The minimum absolute atomic E-state index is 0.0794. The van der Waals surface area contributed by atoms with Crippen LogP contribution >= 0.6 is 0 Å². The first-order valence-electron chi connectivity index (χ1n) is 31.7. The molecule has 0 aromatic rings. The van der Waals surface area contributed by atoms with Gasteiger partial charge < -0.3 is 14.2 Å². The summed E-state index contributed by atoms with van der Waals surface area (Å²) in [5.41, 5.74) is 0. The molecule has 0 saturated carbocycles. The molecular weight excluding hydrogens is 925 g/mol. The van der Waals surface area contributed by atoms with Gasteiger partial charge in [-0.3, -0.25) is 14.4 Å². The van der Waals surface area contributed by atoms with Crippen LogP contribution < -0.4 is 0 Å². The highest BCUT2D eigenvalue weighted by atomic mass is 16.6. The number of ether oxygens (including phenoxy) is 3. The fraction of sp³-hybridized carbons (Fsp3) is 0.725. The second-order valence-corrected chi connectivity index (χ2v) is 20.9. The Balaban J connectivity index is 4.17. The summed E-state index contributed by atoms with van der Waals surface area (Å²) in [6, 6.07) is 0. The van der Waals surface area contributed by atoms with Crippen LogP contribution in [0, 0.1) is 0 Å². The molecular formula is C69H118O6. The third-order valence-corrected chi connectivity index (χ3v) is 13.6. The highest BCUT2D eigenvalue weighted by molar-refractivity contribution is 5.71. The number of unbranched alkanes of at least 4 members (excludes halogenated alkanes) is 30. The van der Waals surface area contributed by atoms with Crippen LogP contribution in [0.3, 0.4) is 0 Å². The van der Waals surface area contributed by atoms with Crippen molar-refractivity contribution in [1.29, 1.82) is 0 Å². The Hall–Kier alpha value is -3.67. The molecule has 0 aliphatic rings. The molecule has 0 heterocycles. The third-order valence-electron chi connectivity index (χ3n) is 13.6. The predicted octanol–water partition coefficient (Wildman–Crippen LogP) is 21.7. The van der Waals surface area contributed by atoms with Gasteiger partial charge in [0.2, 0.25) is 0 Å². The van der Waals surface area contributed by atoms with Crippen LogP contribution in [0.25, 0.3) is 0 Å². The molecule has 0 N–H and O–H groups in total. The summed E-state index contributed by atoms with van der Waals surface area (Å²) >= 11 is 0. The summed E-state index contributed by atoms with van der Waals surface area (Å²) in [4.78, 5) is 38.1. The number of carbonyl (C=O) groups excluding carboxylic acids is 3. The number of allylic oxidation sites excluding steroid dienone is 16. The van der Waals surface area contributed by atoms with Crippen LogP contribution in [0.4, 0.5) is 0 Å². The van der Waals surface area contributed by atoms with Gasteiger partial charge in [0.15, 0.2) is 6.10 Å². The predicted molar refractivity (Wildman–Crippen MR) is 325 cm³/mol. The Bertz CT molecular complexity index is 1480. The van der Waals surface area contributed by atoms with Crippen LogP contribution in [0.2, 0.25) is 0 Å². The van der Waals surface area contributed by atoms with Gasteiger partial charge in [-0.05, 0) is 103 Å². The van der Waals surface area contributed by atoms with Crippen molar-refractivity contribution in [2.75, 3.05) is 13.2 Å². The number of esters is 3. The monoisotopic (exact) mass is 1040 g/mol. The summed E-state index contributed by atoms with van der Waals surface area (Å²) in [7, 11) is 0. The summed E-state index contributed by atoms with van der Waals surface area (Å²) in [6.45, 7) is 6.49. The third kappa shape index (κ3) is 61.1. The van der Waals surface area contributed by atoms with Crippen LogP contribution in [0.1, 0.15) is 303 Å². The van der Waals surface area contributed by atoms with E-state index in [1.54, 1.807) is 0 Å². The van der Waals surface area contributed by atoms with E-state index < -0.39 is 6.10 Å². The molecule has 0 aromatic heterocycles. The SMILES string of the molecule is CC/C=C\C/C=C\C/C=C\C/C=C\C/C=C\C/C=C\CCCCCCCCCCC(=O)OCC(COC(=O)CCCCCCCCC)OC(=O)CCCCCCCCCCCCC/C=C\C/C=C\CCCCCCC. The van der Waals surface area contributed by atoms with E-state index in [0.29, 0.717) is 19.3 Å². The molecule has 1 unspecified atom stereocenters. The fourth-order valence-electron chi connectivity index (χ4n) is 8.83. The lowest BCUT2D eigenvalue weighted by Gasteiger charge is -2.18. The summed E-state index contributed by atoms with van der Waals surface area (Å²) < 4.78 is 16.8. The first-order valence-corrected chi connectivity index (χ1v) is 31.7. The average molecular weight is 1040 g/mol. The molecule has 6 nitrogen and oxygen atoms in total. The molecule has 0 rings (SSSR count). The molecule has 6 heteroatoms. The van der Waals surface area contributed by atoms with E-state index in [1.165, 1.54) is 154 Å². The highest BCUT2D eigenvalue weighted by Crippen LogP contribution is 2.16. The zero-order valence-electron chi connectivity index (χ0n) is 49.3. The van der Waals surface area contributed by atoms with E-state index in [1.807, 2.05) is 0 Å². The highest BCUT2D eigenvalue weighted by Gasteiger charge is 2.19. The van der Waals surface area contributed by atoms with Gasteiger partial charge in [-0.15, -0.1) is 0 Å². The van der Waals surface area contributed by atoms with E-state index >= 15 is 0 Å². The maximum atomic E-state index is 12.9. The van der Waals surface area contributed by atoms with Crippen molar-refractivity contribution in [3.8, 4) is 0 Å². The number of rotatable bonds is 57. The molecule has 0 saturated heterocycles. The van der Waals surface area contributed by atoms with Gasteiger partial charge in [-0.2, -0.15) is 0 Å². The molecule has 0 bridgehead atoms. The molecule has 0 spiro atoms. The normalized spacial score (nSPS) is 12.7. The maximum absolute atomic E-state index is 12.9. The van der Waals surface area contributed by atoms with Crippen molar-refractivity contribution in [3.05, 3.63) is 97.2 Å². The fourth-order valence-corrected chi connectivity index (χ4v) is 8.83. The minimum atomic E-state index is -0.780. The molecule has 430 valence electrons. The first-order chi connectivity index (χ1) is 37.0. The number of hydrogen-bond donors (Lipinski definition) is 0.